The highest BCUT2D eigenvalue weighted by molar-refractivity contribution is 7.20. The third kappa shape index (κ3) is 3.81. The lowest BCUT2D eigenvalue weighted by Gasteiger charge is -2.06. The first-order valence-electron chi connectivity index (χ1n) is 9.30. The largest absolute Gasteiger partial charge is 0.355 e. The van der Waals surface area contributed by atoms with Crippen molar-refractivity contribution in [1.29, 1.82) is 0 Å². The lowest BCUT2D eigenvalue weighted by molar-refractivity contribution is 0.0952. The highest BCUT2D eigenvalue weighted by Crippen LogP contribution is 2.30. The van der Waals surface area contributed by atoms with Gasteiger partial charge in [0.2, 0.25) is 0 Å². The van der Waals surface area contributed by atoms with Gasteiger partial charge in [-0.2, -0.15) is 5.10 Å². The molecule has 30 heavy (non-hydrogen) atoms. The van der Waals surface area contributed by atoms with E-state index in [0.717, 1.165) is 27.2 Å². The van der Waals surface area contributed by atoms with Gasteiger partial charge < -0.3 is 10.6 Å². The summed E-state index contributed by atoms with van der Waals surface area (Å²) in [5.74, 6) is -0.689. The van der Waals surface area contributed by atoms with Crippen molar-refractivity contribution in [2.24, 2.45) is 0 Å². The Balaban J connectivity index is 1.55. The van der Waals surface area contributed by atoms with E-state index >= 15 is 0 Å². The van der Waals surface area contributed by atoms with E-state index in [0.29, 0.717) is 17.0 Å². The summed E-state index contributed by atoms with van der Waals surface area (Å²) in [6.45, 7) is 2.18. The molecule has 2 N–H and O–H groups in total. The van der Waals surface area contributed by atoms with Crippen LogP contribution >= 0.6 is 11.3 Å². The van der Waals surface area contributed by atoms with Crippen LogP contribution in [-0.2, 0) is 6.54 Å². The van der Waals surface area contributed by atoms with Gasteiger partial charge >= 0.3 is 0 Å². The van der Waals surface area contributed by atoms with E-state index < -0.39 is 0 Å². The monoisotopic (exact) mass is 422 g/mol. The van der Waals surface area contributed by atoms with Crippen molar-refractivity contribution in [3.63, 3.8) is 0 Å². The van der Waals surface area contributed by atoms with E-state index in [1.807, 2.05) is 19.1 Å². The third-order valence-electron chi connectivity index (χ3n) is 4.71. The molecule has 2 aromatic carbocycles. The van der Waals surface area contributed by atoms with E-state index in [2.05, 4.69) is 15.7 Å². The zero-order valence-corrected chi connectivity index (χ0v) is 17.2. The van der Waals surface area contributed by atoms with Crippen molar-refractivity contribution in [3.8, 4) is 5.69 Å². The highest BCUT2D eigenvalue weighted by Gasteiger charge is 2.17. The molecular formula is C22H19FN4O2S. The summed E-state index contributed by atoms with van der Waals surface area (Å²) in [6, 6.07) is 15.0. The number of nitrogens with one attached hydrogen (secondary N) is 2. The predicted octanol–water partition coefficient (Wildman–Crippen LogP) is 3.82. The van der Waals surface area contributed by atoms with Crippen LogP contribution in [0.25, 0.3) is 15.9 Å². The third-order valence-corrected chi connectivity index (χ3v) is 5.82. The van der Waals surface area contributed by atoms with E-state index in [4.69, 9.17) is 0 Å². The van der Waals surface area contributed by atoms with Gasteiger partial charge in [0.25, 0.3) is 11.8 Å². The number of nitrogens with zero attached hydrogens (tertiary/aromatic N) is 2. The molecule has 6 nitrogen and oxygen atoms in total. The molecule has 0 radical (unpaired) electrons. The van der Waals surface area contributed by atoms with Crippen molar-refractivity contribution >= 4 is 33.4 Å². The van der Waals surface area contributed by atoms with Gasteiger partial charge in [0.05, 0.1) is 16.3 Å². The number of thiophene rings is 1. The van der Waals surface area contributed by atoms with Crippen LogP contribution in [-0.4, -0.2) is 28.6 Å². The van der Waals surface area contributed by atoms with Gasteiger partial charge in [-0.05, 0) is 55.0 Å². The van der Waals surface area contributed by atoms with E-state index in [-0.39, 0.29) is 17.6 Å². The van der Waals surface area contributed by atoms with Gasteiger partial charge in [0.1, 0.15) is 10.6 Å². The summed E-state index contributed by atoms with van der Waals surface area (Å²) in [5, 5.41) is 10.9. The first-order valence-corrected chi connectivity index (χ1v) is 10.1. The summed E-state index contributed by atoms with van der Waals surface area (Å²) in [4.78, 5) is 25.9. The molecule has 152 valence electrons. The van der Waals surface area contributed by atoms with Crippen LogP contribution in [0.3, 0.4) is 0 Å². The van der Waals surface area contributed by atoms with Crippen molar-refractivity contribution in [1.82, 2.24) is 20.4 Å². The Morgan fingerprint density at radius 1 is 1.10 bits per heavy atom. The van der Waals surface area contributed by atoms with Crippen molar-refractivity contribution < 1.29 is 14.0 Å². The minimum Gasteiger partial charge on any atom is -0.355 e. The summed E-state index contributed by atoms with van der Waals surface area (Å²) in [5.41, 5.74) is 2.90. The number of carbonyl (C=O) groups is 2. The number of halogens is 1. The molecule has 4 aromatic rings. The summed E-state index contributed by atoms with van der Waals surface area (Å²) >= 11 is 1.33. The van der Waals surface area contributed by atoms with Gasteiger partial charge in [-0.3, -0.25) is 9.59 Å². The van der Waals surface area contributed by atoms with Crippen LogP contribution in [0, 0.1) is 12.7 Å². The van der Waals surface area contributed by atoms with Gasteiger partial charge in [0.15, 0.2) is 0 Å². The standard InChI is InChI=1S/C22H19FN4O2S/c1-13-18-11-19(30-22(18)27(26-13)17-8-6-16(23)7-9-17)21(29)25-12-14-4-3-5-15(10-14)20(28)24-2/h3-11H,12H2,1-2H3,(H,24,28)(H,25,29). The molecule has 0 aliphatic heterocycles. The quantitative estimate of drug-likeness (QED) is 0.513. The SMILES string of the molecule is CNC(=O)c1cccc(CNC(=O)c2cc3c(C)nn(-c4ccc(F)cc4)c3s2)c1. The Morgan fingerprint density at radius 3 is 2.60 bits per heavy atom. The minimum atomic E-state index is -0.314. The average Bonchev–Trinajstić information content (AvgIpc) is 3.33. The molecular weight excluding hydrogens is 403 g/mol. The number of aromatic nitrogens is 2. The molecule has 2 heterocycles. The number of rotatable bonds is 5. The highest BCUT2D eigenvalue weighted by atomic mass is 32.1. The Bertz CT molecular complexity index is 1240. The van der Waals surface area contributed by atoms with Crippen LogP contribution in [0.1, 0.15) is 31.3 Å². The molecule has 0 saturated heterocycles. The Kier molecular flexibility index (Phi) is 5.33. The topological polar surface area (TPSA) is 76.0 Å². The molecule has 0 aliphatic rings. The first kappa shape index (κ1) is 19.8. The van der Waals surface area contributed by atoms with Crippen molar-refractivity contribution in [3.05, 3.63) is 82.1 Å². The van der Waals surface area contributed by atoms with E-state index in [9.17, 15) is 14.0 Å². The van der Waals surface area contributed by atoms with Gasteiger partial charge in [-0.25, -0.2) is 9.07 Å². The lowest BCUT2D eigenvalue weighted by atomic mass is 10.1. The van der Waals surface area contributed by atoms with Gasteiger partial charge in [-0.15, -0.1) is 11.3 Å². The molecule has 0 saturated carbocycles. The first-order chi connectivity index (χ1) is 14.5. The number of benzene rings is 2. The molecule has 0 spiro atoms. The summed E-state index contributed by atoms with van der Waals surface area (Å²) < 4.78 is 15.0. The fraction of sp³-hybridized carbons (Fsp3) is 0.136. The van der Waals surface area contributed by atoms with Crippen molar-refractivity contribution in [2.45, 2.75) is 13.5 Å². The fourth-order valence-corrected chi connectivity index (χ4v) is 4.25. The molecule has 8 heteroatoms. The second-order valence-corrected chi connectivity index (χ2v) is 7.80. The Labute approximate surface area is 176 Å². The predicted molar refractivity (Wildman–Crippen MR) is 115 cm³/mol. The van der Waals surface area contributed by atoms with Crippen LogP contribution in [0.4, 0.5) is 4.39 Å². The molecule has 0 atom stereocenters. The van der Waals surface area contributed by atoms with Crippen LogP contribution < -0.4 is 10.6 Å². The summed E-state index contributed by atoms with van der Waals surface area (Å²) in [6.07, 6.45) is 0. The number of hydrogen-bond acceptors (Lipinski definition) is 4. The zero-order valence-electron chi connectivity index (χ0n) is 16.4. The fourth-order valence-electron chi connectivity index (χ4n) is 3.15. The minimum absolute atomic E-state index is 0.173. The Hall–Kier alpha value is -3.52. The number of fused-ring (bicyclic) bond motifs is 1. The van der Waals surface area contributed by atoms with Gasteiger partial charge in [-0.1, -0.05) is 12.1 Å². The smallest absolute Gasteiger partial charge is 0.261 e. The molecule has 0 bridgehead atoms. The van der Waals surface area contributed by atoms with Crippen LogP contribution in [0.2, 0.25) is 0 Å². The molecule has 0 unspecified atom stereocenters. The number of hydrogen-bond donors (Lipinski definition) is 2. The molecule has 2 amide bonds. The maximum absolute atomic E-state index is 13.2. The summed E-state index contributed by atoms with van der Waals surface area (Å²) in [7, 11) is 1.58. The van der Waals surface area contributed by atoms with Gasteiger partial charge in [0, 0.05) is 24.5 Å². The maximum atomic E-state index is 13.2. The average molecular weight is 422 g/mol. The van der Waals surface area contributed by atoms with E-state index in [1.165, 1.54) is 23.5 Å². The molecule has 0 aliphatic carbocycles. The lowest BCUT2D eigenvalue weighted by Crippen LogP contribution is -2.22. The number of aryl methyl sites for hydroxylation is 1. The van der Waals surface area contributed by atoms with E-state index in [1.54, 1.807) is 42.1 Å². The molecule has 4 rings (SSSR count). The normalized spacial score (nSPS) is 10.9. The number of carbonyl (C=O) groups excluding carboxylic acids is 2. The second-order valence-electron chi connectivity index (χ2n) is 6.77. The number of amides is 2. The Morgan fingerprint density at radius 2 is 1.87 bits per heavy atom. The van der Waals surface area contributed by atoms with Crippen LogP contribution in [0.5, 0.6) is 0 Å². The van der Waals surface area contributed by atoms with Crippen molar-refractivity contribution in [2.75, 3.05) is 7.05 Å². The molecule has 2 aromatic heterocycles. The second kappa shape index (κ2) is 8.08. The zero-order chi connectivity index (χ0) is 21.3. The molecule has 0 fully saturated rings. The van der Waals surface area contributed by atoms with Crippen LogP contribution in [0.15, 0.2) is 54.6 Å². The maximum Gasteiger partial charge on any atom is 0.261 e.